The lowest BCUT2D eigenvalue weighted by molar-refractivity contribution is 1.45. The molecule has 1 rings (SSSR count). The average molecular weight is 206 g/mol. The number of allylic oxidation sites excluding steroid dienone is 1. The van der Waals surface area contributed by atoms with Crippen LogP contribution in [-0.2, 0) is 0 Å². The molecule has 0 saturated carbocycles. The first-order chi connectivity index (χ1) is 6.63. The number of benzene rings is 1. The van der Waals surface area contributed by atoms with Gasteiger partial charge in [-0.15, -0.1) is 0 Å². The van der Waals surface area contributed by atoms with Gasteiger partial charge in [-0.3, -0.25) is 4.99 Å². The number of hydrogen-bond acceptors (Lipinski definition) is 3. The number of rotatable bonds is 2. The summed E-state index contributed by atoms with van der Waals surface area (Å²) >= 11 is 1.57. The van der Waals surface area contributed by atoms with Crippen LogP contribution in [0.3, 0.4) is 0 Å². The minimum Gasteiger partial charge on any atom is -0.399 e. The molecule has 0 heterocycles. The van der Waals surface area contributed by atoms with Crippen LogP contribution in [-0.4, -0.2) is 12.1 Å². The fourth-order valence-corrected chi connectivity index (χ4v) is 1.70. The van der Waals surface area contributed by atoms with E-state index in [-0.39, 0.29) is 0 Å². The molecular weight excluding hydrogens is 192 g/mol. The Bertz CT molecular complexity index is 352. The van der Waals surface area contributed by atoms with Gasteiger partial charge in [-0.1, -0.05) is 30.5 Å². The second-order valence-corrected chi connectivity index (χ2v) is 4.24. The molecule has 0 radical (unpaired) electrons. The summed E-state index contributed by atoms with van der Waals surface area (Å²) in [7, 11) is 1.78. The van der Waals surface area contributed by atoms with Gasteiger partial charge in [-0.2, -0.15) is 0 Å². The fraction of sp³-hybridized carbons (Fsp3) is 0.182. The second kappa shape index (κ2) is 4.86. The standard InChI is InChI=1S/C11H14N2S/c1-8(2)14-11(13-3)9-4-6-10(12)7-5-9/h4-7H,1,12H2,2-3H3/b13-11-. The van der Waals surface area contributed by atoms with Crippen molar-refractivity contribution in [1.82, 2.24) is 0 Å². The van der Waals surface area contributed by atoms with Gasteiger partial charge in [0.1, 0.15) is 5.04 Å². The lowest BCUT2D eigenvalue weighted by Gasteiger charge is -2.04. The van der Waals surface area contributed by atoms with Crippen LogP contribution in [0.2, 0.25) is 0 Å². The zero-order valence-corrected chi connectivity index (χ0v) is 9.27. The Labute approximate surface area is 88.9 Å². The van der Waals surface area contributed by atoms with E-state index in [1.54, 1.807) is 18.8 Å². The van der Waals surface area contributed by atoms with Crippen molar-refractivity contribution < 1.29 is 0 Å². The summed E-state index contributed by atoms with van der Waals surface area (Å²) in [6, 6.07) is 7.68. The van der Waals surface area contributed by atoms with Crippen LogP contribution < -0.4 is 5.73 Å². The Balaban J connectivity index is 2.91. The maximum absolute atomic E-state index is 5.61. The highest BCUT2D eigenvalue weighted by atomic mass is 32.2. The molecule has 0 saturated heterocycles. The number of nitrogens with two attached hydrogens (primary N) is 1. The van der Waals surface area contributed by atoms with E-state index < -0.39 is 0 Å². The first-order valence-electron chi connectivity index (χ1n) is 4.29. The summed E-state index contributed by atoms with van der Waals surface area (Å²) in [6.07, 6.45) is 0. The van der Waals surface area contributed by atoms with E-state index in [2.05, 4.69) is 11.6 Å². The van der Waals surface area contributed by atoms with Crippen molar-refractivity contribution in [2.75, 3.05) is 12.8 Å². The highest BCUT2D eigenvalue weighted by molar-refractivity contribution is 8.17. The van der Waals surface area contributed by atoms with Gasteiger partial charge < -0.3 is 5.73 Å². The molecule has 74 valence electrons. The largest absolute Gasteiger partial charge is 0.399 e. The molecule has 0 aromatic heterocycles. The Morgan fingerprint density at radius 2 is 1.93 bits per heavy atom. The molecule has 0 fully saturated rings. The van der Waals surface area contributed by atoms with Crippen molar-refractivity contribution in [3.05, 3.63) is 41.3 Å². The van der Waals surface area contributed by atoms with Crippen molar-refractivity contribution >= 4 is 22.5 Å². The summed E-state index contributed by atoms with van der Waals surface area (Å²) < 4.78 is 0. The molecule has 0 bridgehead atoms. The maximum atomic E-state index is 5.61. The van der Waals surface area contributed by atoms with Gasteiger partial charge in [0.25, 0.3) is 0 Å². The van der Waals surface area contributed by atoms with Crippen LogP contribution in [0.1, 0.15) is 12.5 Å². The smallest absolute Gasteiger partial charge is 0.102 e. The van der Waals surface area contributed by atoms with E-state index in [1.807, 2.05) is 31.2 Å². The predicted molar refractivity (Wildman–Crippen MR) is 65.7 cm³/mol. The molecule has 0 spiro atoms. The molecule has 1 aromatic carbocycles. The van der Waals surface area contributed by atoms with Crippen LogP contribution in [0, 0.1) is 0 Å². The second-order valence-electron chi connectivity index (χ2n) is 2.95. The Kier molecular flexibility index (Phi) is 3.77. The number of anilines is 1. The van der Waals surface area contributed by atoms with Crippen LogP contribution in [0.5, 0.6) is 0 Å². The van der Waals surface area contributed by atoms with Gasteiger partial charge in [0.05, 0.1) is 0 Å². The van der Waals surface area contributed by atoms with E-state index in [1.165, 1.54) is 0 Å². The number of aliphatic imine (C=N–C) groups is 1. The summed E-state index contributed by atoms with van der Waals surface area (Å²) in [5, 5.41) is 0.970. The monoisotopic (exact) mass is 206 g/mol. The van der Waals surface area contributed by atoms with Gasteiger partial charge in [0.2, 0.25) is 0 Å². The molecule has 1 aromatic rings. The van der Waals surface area contributed by atoms with Crippen molar-refractivity contribution in [3.63, 3.8) is 0 Å². The van der Waals surface area contributed by atoms with Gasteiger partial charge in [0, 0.05) is 18.3 Å². The first kappa shape index (κ1) is 10.9. The Hall–Kier alpha value is -1.22. The van der Waals surface area contributed by atoms with Gasteiger partial charge in [-0.25, -0.2) is 0 Å². The highest BCUT2D eigenvalue weighted by Crippen LogP contribution is 2.20. The van der Waals surface area contributed by atoms with Crippen molar-refractivity contribution in [1.29, 1.82) is 0 Å². The van der Waals surface area contributed by atoms with Crippen molar-refractivity contribution in [2.45, 2.75) is 6.92 Å². The van der Waals surface area contributed by atoms with Gasteiger partial charge in [-0.05, 0) is 24.0 Å². The molecule has 0 aliphatic rings. The van der Waals surface area contributed by atoms with E-state index in [0.717, 1.165) is 21.2 Å². The average Bonchev–Trinajstić information content (AvgIpc) is 2.15. The number of thioether (sulfide) groups is 1. The minimum atomic E-state index is 0.768. The normalized spacial score (nSPS) is 11.4. The van der Waals surface area contributed by atoms with Gasteiger partial charge in [0.15, 0.2) is 0 Å². The molecule has 3 heteroatoms. The summed E-state index contributed by atoms with van der Waals surface area (Å²) in [5.41, 5.74) is 7.45. The third kappa shape index (κ3) is 2.92. The number of nitrogen functional groups attached to an aromatic ring is 1. The molecule has 0 atom stereocenters. The van der Waals surface area contributed by atoms with Crippen molar-refractivity contribution in [3.8, 4) is 0 Å². The quantitative estimate of drug-likeness (QED) is 0.459. The lowest BCUT2D eigenvalue weighted by atomic mass is 10.2. The topological polar surface area (TPSA) is 38.4 Å². The van der Waals surface area contributed by atoms with E-state index >= 15 is 0 Å². The summed E-state index contributed by atoms with van der Waals surface area (Å²) in [6.45, 7) is 5.81. The van der Waals surface area contributed by atoms with Crippen LogP contribution in [0.25, 0.3) is 0 Å². The first-order valence-corrected chi connectivity index (χ1v) is 5.11. The number of nitrogens with zero attached hydrogens (tertiary/aromatic N) is 1. The van der Waals surface area contributed by atoms with Crippen LogP contribution in [0.4, 0.5) is 5.69 Å². The van der Waals surface area contributed by atoms with E-state index in [0.29, 0.717) is 0 Å². The van der Waals surface area contributed by atoms with E-state index in [9.17, 15) is 0 Å². The molecule has 0 amide bonds. The zero-order valence-electron chi connectivity index (χ0n) is 8.45. The fourth-order valence-electron chi connectivity index (χ4n) is 1.02. The van der Waals surface area contributed by atoms with Crippen LogP contribution >= 0.6 is 11.8 Å². The van der Waals surface area contributed by atoms with E-state index in [4.69, 9.17) is 5.73 Å². The number of hydrogen-bond donors (Lipinski definition) is 1. The maximum Gasteiger partial charge on any atom is 0.102 e. The summed E-state index contributed by atoms with van der Waals surface area (Å²) in [5.74, 6) is 0. The minimum absolute atomic E-state index is 0.768. The molecular formula is C11H14N2S. The third-order valence-electron chi connectivity index (χ3n) is 1.63. The lowest BCUT2D eigenvalue weighted by Crippen LogP contribution is -1.95. The molecule has 0 unspecified atom stereocenters. The zero-order chi connectivity index (χ0) is 10.6. The Morgan fingerprint density at radius 3 is 2.36 bits per heavy atom. The van der Waals surface area contributed by atoms with Gasteiger partial charge >= 0.3 is 0 Å². The van der Waals surface area contributed by atoms with Crippen LogP contribution in [0.15, 0.2) is 40.7 Å². The van der Waals surface area contributed by atoms with Crippen molar-refractivity contribution in [2.24, 2.45) is 4.99 Å². The predicted octanol–water partition coefficient (Wildman–Crippen LogP) is 2.91. The third-order valence-corrected chi connectivity index (χ3v) is 2.59. The Morgan fingerprint density at radius 1 is 1.36 bits per heavy atom. The molecule has 0 aliphatic carbocycles. The highest BCUT2D eigenvalue weighted by Gasteiger charge is 2.02. The molecule has 14 heavy (non-hydrogen) atoms. The summed E-state index contributed by atoms with van der Waals surface area (Å²) in [4.78, 5) is 5.24. The molecule has 0 aliphatic heterocycles. The molecule has 2 nitrogen and oxygen atoms in total. The molecule has 2 N–H and O–H groups in total. The SMILES string of the molecule is C=C(C)S/C(=N\C)c1ccc(N)cc1.